The van der Waals surface area contributed by atoms with Gasteiger partial charge in [0.1, 0.15) is 0 Å². The number of hydrogen-bond donors (Lipinski definition) is 1. The second-order valence-electron chi connectivity index (χ2n) is 10.6. The van der Waals surface area contributed by atoms with Crippen molar-refractivity contribution in [2.24, 2.45) is 18.0 Å². The van der Waals surface area contributed by atoms with Crippen molar-refractivity contribution in [3.63, 3.8) is 0 Å². The van der Waals surface area contributed by atoms with Crippen molar-refractivity contribution >= 4 is 23.0 Å². The number of ketones is 1. The van der Waals surface area contributed by atoms with Crippen molar-refractivity contribution in [3.8, 4) is 6.01 Å². The Morgan fingerprint density at radius 1 is 0.860 bits per heavy atom. The van der Waals surface area contributed by atoms with Gasteiger partial charge in [0.2, 0.25) is 0 Å². The van der Waals surface area contributed by atoms with Gasteiger partial charge in [-0.2, -0.15) is 4.98 Å². The van der Waals surface area contributed by atoms with E-state index in [0.717, 1.165) is 16.7 Å². The van der Waals surface area contributed by atoms with E-state index in [1.807, 2.05) is 97.1 Å². The number of fused-ring (bicyclic) bond motifs is 1. The molecule has 43 heavy (non-hydrogen) atoms. The average molecular weight is 569 g/mol. The molecule has 0 saturated carbocycles. The van der Waals surface area contributed by atoms with Crippen LogP contribution in [-0.2, 0) is 7.05 Å². The Labute approximate surface area is 250 Å². The smallest absolute Gasteiger partial charge is 0.300 e. The molecular formula is C36H32N4O3. The molecule has 1 unspecified atom stereocenters. The molecule has 0 aliphatic carbocycles. The van der Waals surface area contributed by atoms with Crippen LogP contribution in [0.4, 0.5) is 11.5 Å². The van der Waals surface area contributed by atoms with Crippen LogP contribution in [0.15, 0.2) is 131 Å². The minimum Gasteiger partial charge on any atom is -0.468 e. The summed E-state index contributed by atoms with van der Waals surface area (Å²) in [6, 6.07) is 39.2. The highest BCUT2D eigenvalue weighted by Crippen LogP contribution is 2.45. The van der Waals surface area contributed by atoms with Gasteiger partial charge in [0.05, 0.1) is 18.9 Å². The fourth-order valence-corrected chi connectivity index (χ4v) is 5.88. The van der Waals surface area contributed by atoms with Crippen molar-refractivity contribution in [2.75, 3.05) is 12.4 Å². The highest BCUT2D eigenvalue weighted by molar-refractivity contribution is 6.06. The highest BCUT2D eigenvalue weighted by atomic mass is 16.5. The molecule has 1 aliphatic heterocycles. The number of anilines is 1. The van der Waals surface area contributed by atoms with E-state index in [1.165, 1.54) is 11.7 Å². The SMILES string of the molecule is COc1nc2c(c(=O)n1C)N=C(c1ccccc1)[C@H]([C@@H](CC(=O)c1ccccc1)c1ccccc1)C(c1ccccc1)N2. The molecular weight excluding hydrogens is 536 g/mol. The number of nitrogens with one attached hydrogen (secondary N) is 1. The lowest BCUT2D eigenvalue weighted by Gasteiger charge is -2.35. The summed E-state index contributed by atoms with van der Waals surface area (Å²) in [5, 5.41) is 3.60. The Kier molecular flexibility index (Phi) is 7.96. The number of nitrogens with zero attached hydrogens (tertiary/aromatic N) is 3. The molecule has 6 rings (SSSR count). The minimum absolute atomic E-state index is 0.0335. The fraction of sp³-hybridized carbons (Fsp3) is 0.167. The second kappa shape index (κ2) is 12.3. The first-order chi connectivity index (χ1) is 21.0. The number of ether oxygens (including phenoxy) is 1. The highest BCUT2D eigenvalue weighted by Gasteiger charge is 2.40. The maximum absolute atomic E-state index is 13.9. The molecule has 2 heterocycles. The van der Waals surface area contributed by atoms with Gasteiger partial charge in [-0.3, -0.25) is 14.2 Å². The Hall–Kier alpha value is -5.30. The predicted molar refractivity (Wildman–Crippen MR) is 170 cm³/mol. The van der Waals surface area contributed by atoms with Crippen LogP contribution in [0, 0.1) is 5.92 Å². The van der Waals surface area contributed by atoms with Crippen LogP contribution in [0.1, 0.15) is 45.4 Å². The van der Waals surface area contributed by atoms with Gasteiger partial charge in [-0.05, 0) is 16.7 Å². The second-order valence-corrected chi connectivity index (χ2v) is 10.6. The molecule has 1 aromatic heterocycles. The van der Waals surface area contributed by atoms with Crippen molar-refractivity contribution in [1.82, 2.24) is 9.55 Å². The normalized spacial score (nSPS) is 16.7. The number of methoxy groups -OCH3 is 1. The van der Waals surface area contributed by atoms with E-state index in [0.29, 0.717) is 17.1 Å². The number of aliphatic imine (C=N–C) groups is 1. The van der Waals surface area contributed by atoms with E-state index < -0.39 is 0 Å². The minimum atomic E-state index is -0.389. The summed E-state index contributed by atoms with van der Waals surface area (Å²) in [6.45, 7) is 0. The molecule has 0 fully saturated rings. The summed E-state index contributed by atoms with van der Waals surface area (Å²) in [7, 11) is 3.11. The van der Waals surface area contributed by atoms with Crippen molar-refractivity contribution in [2.45, 2.75) is 18.4 Å². The number of hydrogen-bond acceptors (Lipinski definition) is 6. The number of Topliss-reactive ketones (excluding diaryl/α,β-unsaturated/α-hetero) is 1. The van der Waals surface area contributed by atoms with Crippen molar-refractivity contribution in [3.05, 3.63) is 154 Å². The van der Waals surface area contributed by atoms with E-state index >= 15 is 0 Å². The molecule has 7 heteroatoms. The quantitative estimate of drug-likeness (QED) is 0.209. The van der Waals surface area contributed by atoms with E-state index in [9.17, 15) is 9.59 Å². The lowest BCUT2D eigenvalue weighted by Crippen LogP contribution is -2.34. The third-order valence-electron chi connectivity index (χ3n) is 8.00. The maximum atomic E-state index is 13.9. The zero-order chi connectivity index (χ0) is 29.8. The van der Waals surface area contributed by atoms with Crippen LogP contribution in [-0.4, -0.2) is 28.2 Å². The number of rotatable bonds is 8. The summed E-state index contributed by atoms with van der Waals surface area (Å²) < 4.78 is 6.81. The van der Waals surface area contributed by atoms with Crippen LogP contribution < -0.4 is 15.6 Å². The molecule has 7 nitrogen and oxygen atoms in total. The van der Waals surface area contributed by atoms with Gasteiger partial charge in [-0.25, -0.2) is 4.99 Å². The molecule has 1 aliphatic rings. The summed E-state index contributed by atoms with van der Waals surface area (Å²) >= 11 is 0. The lowest BCUT2D eigenvalue weighted by atomic mass is 9.72. The van der Waals surface area contributed by atoms with Gasteiger partial charge >= 0.3 is 6.01 Å². The molecule has 0 amide bonds. The third kappa shape index (κ3) is 5.62. The van der Waals surface area contributed by atoms with Crippen LogP contribution in [0.25, 0.3) is 0 Å². The monoisotopic (exact) mass is 568 g/mol. The van der Waals surface area contributed by atoms with Crippen LogP contribution in [0.2, 0.25) is 0 Å². The number of carbonyl (C=O) groups excluding carboxylic acids is 1. The predicted octanol–water partition coefficient (Wildman–Crippen LogP) is 6.75. The van der Waals surface area contributed by atoms with Crippen LogP contribution in [0.5, 0.6) is 6.01 Å². The van der Waals surface area contributed by atoms with Crippen molar-refractivity contribution in [1.29, 1.82) is 0 Å². The summed E-state index contributed by atoms with van der Waals surface area (Å²) in [5.74, 6) is -0.299. The summed E-state index contributed by atoms with van der Waals surface area (Å²) in [6.07, 6.45) is 0.237. The molecule has 3 atom stereocenters. The van der Waals surface area contributed by atoms with Gasteiger partial charge in [-0.1, -0.05) is 121 Å². The molecule has 214 valence electrons. The zero-order valence-corrected chi connectivity index (χ0v) is 24.1. The molecule has 1 N–H and O–H groups in total. The van der Waals surface area contributed by atoms with Crippen LogP contribution in [0.3, 0.4) is 0 Å². The molecule has 4 aromatic carbocycles. The Morgan fingerprint density at radius 2 is 1.44 bits per heavy atom. The average Bonchev–Trinajstić information content (AvgIpc) is 3.24. The zero-order valence-electron chi connectivity index (χ0n) is 24.1. The lowest BCUT2D eigenvalue weighted by molar-refractivity contribution is 0.0967. The molecule has 0 radical (unpaired) electrons. The maximum Gasteiger partial charge on any atom is 0.300 e. The number of aromatic nitrogens is 2. The first kappa shape index (κ1) is 27.8. The molecule has 0 spiro atoms. The van der Waals surface area contributed by atoms with E-state index in [1.54, 1.807) is 7.05 Å². The first-order valence-corrected chi connectivity index (χ1v) is 14.3. The number of carbonyl (C=O) groups is 1. The summed E-state index contributed by atoms with van der Waals surface area (Å²) in [4.78, 5) is 37.4. The van der Waals surface area contributed by atoms with Crippen LogP contribution >= 0.6 is 0 Å². The van der Waals surface area contributed by atoms with Gasteiger partial charge in [0.15, 0.2) is 17.3 Å². The van der Waals surface area contributed by atoms with Gasteiger partial charge in [-0.15, -0.1) is 0 Å². The van der Waals surface area contributed by atoms with Gasteiger partial charge in [0.25, 0.3) is 5.56 Å². The largest absolute Gasteiger partial charge is 0.468 e. The third-order valence-corrected chi connectivity index (χ3v) is 8.00. The Balaban J connectivity index is 1.63. The Bertz CT molecular complexity index is 1800. The first-order valence-electron chi connectivity index (χ1n) is 14.3. The van der Waals surface area contributed by atoms with Gasteiger partial charge < -0.3 is 10.1 Å². The van der Waals surface area contributed by atoms with E-state index in [-0.39, 0.29) is 47.3 Å². The standard InChI is InChI=1S/C36H32N4O3/c1-40-35(42)33-34(39-36(40)43-2)38-32(27-21-13-6-14-22-27)30(31(37-33)26-19-11-5-12-20-26)28(24-15-7-3-8-16-24)23-29(41)25-17-9-4-10-18-25/h3-22,28,30,32,38H,23H2,1-2H3/t28-,30-,32?/m0/s1. The topological polar surface area (TPSA) is 85.6 Å². The van der Waals surface area contributed by atoms with Crippen molar-refractivity contribution < 1.29 is 9.53 Å². The fourth-order valence-electron chi connectivity index (χ4n) is 5.88. The Morgan fingerprint density at radius 3 is 2.07 bits per heavy atom. The number of benzene rings is 4. The van der Waals surface area contributed by atoms with E-state index in [2.05, 4.69) is 34.6 Å². The van der Waals surface area contributed by atoms with Gasteiger partial charge in [0, 0.05) is 30.9 Å². The molecule has 0 bridgehead atoms. The van der Waals surface area contributed by atoms with E-state index in [4.69, 9.17) is 9.73 Å². The molecule has 0 saturated heterocycles. The summed E-state index contributed by atoms with van der Waals surface area (Å²) in [5.41, 5.74) is 4.10. The molecule has 5 aromatic rings.